The molecular formula is C9H21N3O2. The van der Waals surface area contributed by atoms with Gasteiger partial charge in [-0.25, -0.2) is 5.84 Å². The largest absolute Gasteiger partial charge is 0.356 e. The summed E-state index contributed by atoms with van der Waals surface area (Å²) in [5.41, 5.74) is 1.88. The lowest BCUT2D eigenvalue weighted by Crippen LogP contribution is -2.35. The Morgan fingerprint density at radius 1 is 1.50 bits per heavy atom. The summed E-state index contributed by atoms with van der Waals surface area (Å²) < 4.78 is 0. The molecule has 0 aliphatic carbocycles. The lowest BCUT2D eigenvalue weighted by molar-refractivity contribution is -0.151. The minimum Gasteiger partial charge on any atom is -0.356 e. The quantitative estimate of drug-likeness (QED) is 0.463. The molecule has 14 heavy (non-hydrogen) atoms. The summed E-state index contributed by atoms with van der Waals surface area (Å²) in [7, 11) is 0. The lowest BCUT2D eigenvalue weighted by Gasteiger charge is -2.25. The van der Waals surface area contributed by atoms with E-state index in [1.807, 2.05) is 5.59 Å². The van der Waals surface area contributed by atoms with Crippen LogP contribution in [0.4, 0.5) is 0 Å². The molecule has 0 saturated heterocycles. The van der Waals surface area contributed by atoms with Crippen LogP contribution in [0.2, 0.25) is 0 Å². The first-order chi connectivity index (χ1) is 6.61. The van der Waals surface area contributed by atoms with Crippen LogP contribution in [0, 0.1) is 0 Å². The summed E-state index contributed by atoms with van der Waals surface area (Å²) in [5, 5.41) is 0. The molecule has 0 aromatic rings. The van der Waals surface area contributed by atoms with Crippen LogP contribution in [-0.2, 0) is 9.63 Å². The van der Waals surface area contributed by atoms with Crippen LogP contribution in [0.1, 0.15) is 33.6 Å². The molecule has 0 rings (SSSR count). The topological polar surface area (TPSA) is 67.6 Å². The van der Waals surface area contributed by atoms with Gasteiger partial charge in [0.15, 0.2) is 0 Å². The number of nitrogens with zero attached hydrogens (tertiary/aromatic N) is 1. The second kappa shape index (κ2) is 7.73. The highest BCUT2D eigenvalue weighted by molar-refractivity contribution is 5.69. The zero-order chi connectivity index (χ0) is 11.0. The summed E-state index contributed by atoms with van der Waals surface area (Å²) in [4.78, 5) is 17.6. The van der Waals surface area contributed by atoms with Gasteiger partial charge in [0.1, 0.15) is 0 Å². The Kier molecular flexibility index (Phi) is 7.37. The number of nitrogens with two attached hydrogens (primary N) is 1. The van der Waals surface area contributed by atoms with E-state index in [0.717, 1.165) is 13.0 Å². The van der Waals surface area contributed by atoms with E-state index < -0.39 is 0 Å². The van der Waals surface area contributed by atoms with Gasteiger partial charge in [-0.1, -0.05) is 12.5 Å². The van der Waals surface area contributed by atoms with Crippen molar-refractivity contribution >= 4 is 5.97 Å². The third-order valence-corrected chi connectivity index (χ3v) is 2.02. The van der Waals surface area contributed by atoms with Gasteiger partial charge in [0.25, 0.3) is 0 Å². The summed E-state index contributed by atoms with van der Waals surface area (Å²) in [6.07, 6.45) is 1.45. The molecule has 0 fully saturated rings. The highest BCUT2D eigenvalue weighted by atomic mass is 16.7. The standard InChI is InChI=1S/C9H21N3O2/c1-4-6-12(8(2)3)7-5-9(13)14-11-10/h8,11H,4-7,10H2,1-3H3. The van der Waals surface area contributed by atoms with Crippen molar-refractivity contribution in [3.8, 4) is 0 Å². The first kappa shape index (κ1) is 13.4. The molecule has 0 saturated carbocycles. The molecule has 0 aromatic carbocycles. The van der Waals surface area contributed by atoms with Crippen LogP contribution < -0.4 is 11.4 Å². The molecule has 0 spiro atoms. The van der Waals surface area contributed by atoms with E-state index in [9.17, 15) is 4.79 Å². The smallest absolute Gasteiger partial charge is 0.327 e. The Morgan fingerprint density at radius 3 is 2.57 bits per heavy atom. The molecule has 0 amide bonds. The van der Waals surface area contributed by atoms with Crippen molar-refractivity contribution in [2.75, 3.05) is 13.1 Å². The first-order valence-electron chi connectivity index (χ1n) is 5.01. The Balaban J connectivity index is 3.75. The molecule has 84 valence electrons. The molecule has 3 N–H and O–H groups in total. The number of carbonyl (C=O) groups is 1. The predicted octanol–water partition coefficient (Wildman–Crippen LogP) is 0.418. The normalized spacial score (nSPS) is 11.0. The van der Waals surface area contributed by atoms with E-state index in [-0.39, 0.29) is 5.97 Å². The molecule has 0 aliphatic heterocycles. The summed E-state index contributed by atoms with van der Waals surface area (Å²) in [6, 6.07) is 0.452. The molecule has 0 aromatic heterocycles. The maximum absolute atomic E-state index is 11.0. The Labute approximate surface area is 85.5 Å². The van der Waals surface area contributed by atoms with Gasteiger partial charge >= 0.3 is 5.97 Å². The second-order valence-corrected chi connectivity index (χ2v) is 3.47. The Hall–Kier alpha value is -0.650. The van der Waals surface area contributed by atoms with Crippen LogP contribution in [0.15, 0.2) is 0 Å². The van der Waals surface area contributed by atoms with Crippen LogP contribution in [0.25, 0.3) is 0 Å². The van der Waals surface area contributed by atoms with E-state index in [1.165, 1.54) is 0 Å². The van der Waals surface area contributed by atoms with E-state index >= 15 is 0 Å². The zero-order valence-electron chi connectivity index (χ0n) is 9.25. The van der Waals surface area contributed by atoms with Gasteiger partial charge in [-0.3, -0.25) is 4.79 Å². The van der Waals surface area contributed by atoms with Crippen molar-refractivity contribution in [3.05, 3.63) is 0 Å². The number of hydrazine groups is 1. The number of hydrogen-bond acceptors (Lipinski definition) is 5. The Morgan fingerprint density at radius 2 is 2.14 bits per heavy atom. The fourth-order valence-electron chi connectivity index (χ4n) is 1.27. The molecule has 0 bridgehead atoms. The number of nitrogens with one attached hydrogen (secondary N) is 1. The minimum absolute atomic E-state index is 0.325. The molecule has 5 heteroatoms. The van der Waals surface area contributed by atoms with Gasteiger partial charge in [-0.15, -0.1) is 0 Å². The Bertz CT molecular complexity index is 162. The minimum atomic E-state index is -0.325. The van der Waals surface area contributed by atoms with Gasteiger partial charge in [-0.2, -0.15) is 0 Å². The molecular weight excluding hydrogens is 182 g/mol. The van der Waals surface area contributed by atoms with E-state index in [4.69, 9.17) is 5.84 Å². The molecule has 0 radical (unpaired) electrons. The van der Waals surface area contributed by atoms with Crippen molar-refractivity contribution < 1.29 is 9.63 Å². The average molecular weight is 203 g/mol. The van der Waals surface area contributed by atoms with E-state index in [0.29, 0.717) is 19.0 Å². The van der Waals surface area contributed by atoms with Gasteiger partial charge in [0.05, 0.1) is 6.42 Å². The van der Waals surface area contributed by atoms with E-state index in [2.05, 4.69) is 30.5 Å². The number of carbonyl (C=O) groups excluding carboxylic acids is 1. The monoisotopic (exact) mass is 203 g/mol. The van der Waals surface area contributed by atoms with Crippen molar-refractivity contribution in [2.45, 2.75) is 39.7 Å². The molecule has 0 aliphatic rings. The molecule has 5 nitrogen and oxygen atoms in total. The summed E-state index contributed by atoms with van der Waals surface area (Å²) >= 11 is 0. The van der Waals surface area contributed by atoms with Crippen molar-refractivity contribution in [3.63, 3.8) is 0 Å². The fraction of sp³-hybridized carbons (Fsp3) is 0.889. The van der Waals surface area contributed by atoms with Gasteiger partial charge in [0.2, 0.25) is 0 Å². The third kappa shape index (κ3) is 5.90. The van der Waals surface area contributed by atoms with Crippen molar-refractivity contribution in [2.24, 2.45) is 5.84 Å². The highest BCUT2D eigenvalue weighted by Crippen LogP contribution is 2.01. The maximum Gasteiger partial charge on any atom is 0.327 e. The summed E-state index contributed by atoms with van der Waals surface area (Å²) in [6.45, 7) is 8.06. The van der Waals surface area contributed by atoms with Gasteiger partial charge in [0, 0.05) is 12.6 Å². The second-order valence-electron chi connectivity index (χ2n) is 3.47. The van der Waals surface area contributed by atoms with Gasteiger partial charge < -0.3 is 9.74 Å². The lowest BCUT2D eigenvalue weighted by atomic mass is 10.2. The molecule has 0 atom stereocenters. The highest BCUT2D eigenvalue weighted by Gasteiger charge is 2.10. The molecule has 0 heterocycles. The van der Waals surface area contributed by atoms with Crippen molar-refractivity contribution in [1.82, 2.24) is 10.5 Å². The third-order valence-electron chi connectivity index (χ3n) is 2.02. The van der Waals surface area contributed by atoms with Crippen LogP contribution in [0.5, 0.6) is 0 Å². The first-order valence-corrected chi connectivity index (χ1v) is 5.01. The van der Waals surface area contributed by atoms with Crippen LogP contribution >= 0.6 is 0 Å². The zero-order valence-corrected chi connectivity index (χ0v) is 9.25. The van der Waals surface area contributed by atoms with E-state index in [1.54, 1.807) is 0 Å². The van der Waals surface area contributed by atoms with Crippen molar-refractivity contribution in [1.29, 1.82) is 0 Å². The predicted molar refractivity (Wildman–Crippen MR) is 55.0 cm³/mol. The molecule has 0 unspecified atom stereocenters. The SMILES string of the molecule is CCCN(CCC(=O)ONN)C(C)C. The van der Waals surface area contributed by atoms with Gasteiger partial charge in [-0.05, 0) is 26.8 Å². The number of hydrogen-bond donors (Lipinski definition) is 2. The fourth-order valence-corrected chi connectivity index (χ4v) is 1.27. The average Bonchev–Trinajstić information content (AvgIpc) is 2.12. The number of rotatable bonds is 7. The van der Waals surface area contributed by atoms with Crippen LogP contribution in [0.3, 0.4) is 0 Å². The summed E-state index contributed by atoms with van der Waals surface area (Å²) in [5.74, 6) is 4.52. The maximum atomic E-state index is 11.0. The van der Waals surface area contributed by atoms with Crippen LogP contribution in [-0.4, -0.2) is 30.0 Å².